The summed E-state index contributed by atoms with van der Waals surface area (Å²) in [6.45, 7) is 5.71. The molecule has 1 saturated heterocycles. The van der Waals surface area contributed by atoms with Gasteiger partial charge in [-0.1, -0.05) is 0 Å². The van der Waals surface area contributed by atoms with Gasteiger partial charge in [-0.25, -0.2) is 18.9 Å². The number of halogens is 1. The van der Waals surface area contributed by atoms with E-state index in [9.17, 15) is 23.6 Å². The number of carbonyl (C=O) groups is 4. The van der Waals surface area contributed by atoms with E-state index in [0.29, 0.717) is 11.1 Å². The lowest BCUT2D eigenvalue weighted by molar-refractivity contribution is -0.122. The minimum Gasteiger partial charge on any atom is -0.462 e. The molecule has 2 heterocycles. The van der Waals surface area contributed by atoms with Crippen LogP contribution in [0.5, 0.6) is 0 Å². The second kappa shape index (κ2) is 9.38. The topological polar surface area (TPSA) is 97.7 Å². The summed E-state index contributed by atoms with van der Waals surface area (Å²) in [7, 11) is 0. The highest BCUT2D eigenvalue weighted by atomic mass is 19.1. The molecule has 178 valence electrons. The Morgan fingerprint density at radius 3 is 2.26 bits per heavy atom. The van der Waals surface area contributed by atoms with Crippen molar-refractivity contribution in [2.75, 3.05) is 11.5 Å². The molecule has 1 aliphatic heterocycles. The van der Waals surface area contributed by atoms with Gasteiger partial charge in [0.05, 0.1) is 17.9 Å². The first-order chi connectivity index (χ1) is 16.7. The molecule has 0 aliphatic carbocycles. The van der Waals surface area contributed by atoms with Crippen LogP contribution in [-0.4, -0.2) is 35.0 Å². The molecule has 1 aliphatic rings. The van der Waals surface area contributed by atoms with Crippen molar-refractivity contribution in [3.63, 3.8) is 0 Å². The van der Waals surface area contributed by atoms with Gasteiger partial charge in [0.2, 0.25) is 0 Å². The first-order valence-corrected chi connectivity index (χ1v) is 10.8. The number of carbonyl (C=O) groups excluding carboxylic acids is 4. The Kier molecular flexibility index (Phi) is 6.33. The number of benzene rings is 2. The molecule has 0 bridgehead atoms. The van der Waals surface area contributed by atoms with Gasteiger partial charge < -0.3 is 9.30 Å². The average Bonchev–Trinajstić information content (AvgIpc) is 3.10. The molecule has 0 atom stereocenters. The number of nitrogens with zero attached hydrogens (tertiary/aromatic N) is 2. The molecule has 3 aromatic rings. The number of barbiturate groups is 1. The first-order valence-electron chi connectivity index (χ1n) is 10.8. The number of hydrogen-bond acceptors (Lipinski definition) is 5. The Balaban J connectivity index is 1.69. The van der Waals surface area contributed by atoms with Crippen LogP contribution in [0, 0.1) is 19.7 Å². The number of aromatic nitrogens is 1. The highest BCUT2D eigenvalue weighted by molar-refractivity contribution is 6.39. The number of nitrogens with one attached hydrogen (secondary N) is 1. The Bertz CT molecular complexity index is 1370. The Labute approximate surface area is 200 Å². The Morgan fingerprint density at radius 2 is 1.63 bits per heavy atom. The van der Waals surface area contributed by atoms with Gasteiger partial charge in [0.1, 0.15) is 11.4 Å². The molecular weight excluding hydrogens is 453 g/mol. The van der Waals surface area contributed by atoms with Crippen LogP contribution < -0.4 is 10.2 Å². The molecule has 4 amide bonds. The van der Waals surface area contributed by atoms with Crippen LogP contribution in [-0.2, 0) is 14.3 Å². The number of amides is 4. The van der Waals surface area contributed by atoms with Gasteiger partial charge in [-0.15, -0.1) is 0 Å². The number of urea groups is 1. The molecule has 8 nitrogen and oxygen atoms in total. The molecule has 0 spiro atoms. The van der Waals surface area contributed by atoms with Crippen LogP contribution >= 0.6 is 0 Å². The van der Waals surface area contributed by atoms with E-state index in [1.807, 2.05) is 18.4 Å². The molecule has 4 rings (SSSR count). The third kappa shape index (κ3) is 4.48. The van der Waals surface area contributed by atoms with Crippen molar-refractivity contribution >= 4 is 35.6 Å². The molecule has 9 heteroatoms. The van der Waals surface area contributed by atoms with E-state index in [0.717, 1.165) is 34.1 Å². The Hall–Kier alpha value is -4.53. The third-order valence-electron chi connectivity index (χ3n) is 5.59. The summed E-state index contributed by atoms with van der Waals surface area (Å²) in [5, 5.41) is 2.16. The van der Waals surface area contributed by atoms with E-state index in [4.69, 9.17) is 4.74 Å². The number of aryl methyl sites for hydroxylation is 1. The summed E-state index contributed by atoms with van der Waals surface area (Å²) in [6.07, 6.45) is 1.42. The number of esters is 1. The largest absolute Gasteiger partial charge is 0.462 e. The van der Waals surface area contributed by atoms with E-state index in [1.54, 1.807) is 37.3 Å². The number of imide groups is 2. The van der Waals surface area contributed by atoms with Crippen molar-refractivity contribution in [2.45, 2.75) is 20.8 Å². The first kappa shape index (κ1) is 23.6. The van der Waals surface area contributed by atoms with Crippen molar-refractivity contribution in [1.29, 1.82) is 0 Å². The molecule has 1 aromatic heterocycles. The molecule has 1 fully saturated rings. The summed E-state index contributed by atoms with van der Waals surface area (Å²) in [5.41, 5.74) is 3.28. The van der Waals surface area contributed by atoms with Crippen LogP contribution in [0.4, 0.5) is 14.9 Å². The van der Waals surface area contributed by atoms with E-state index < -0.39 is 29.6 Å². The lowest BCUT2D eigenvalue weighted by atomic mass is 10.1. The molecule has 0 saturated carbocycles. The van der Waals surface area contributed by atoms with Gasteiger partial charge in [-0.05, 0) is 87.0 Å². The third-order valence-corrected chi connectivity index (χ3v) is 5.59. The zero-order chi connectivity index (χ0) is 25.3. The van der Waals surface area contributed by atoms with Gasteiger partial charge in [0.15, 0.2) is 0 Å². The van der Waals surface area contributed by atoms with Crippen molar-refractivity contribution in [3.05, 3.63) is 88.5 Å². The maximum absolute atomic E-state index is 13.3. The quantitative estimate of drug-likeness (QED) is 0.341. The molecule has 2 aromatic carbocycles. The zero-order valence-electron chi connectivity index (χ0n) is 19.3. The lowest BCUT2D eigenvalue weighted by Gasteiger charge is -2.26. The van der Waals surface area contributed by atoms with Crippen LogP contribution in [0.25, 0.3) is 11.8 Å². The summed E-state index contributed by atoms with van der Waals surface area (Å²) in [6, 6.07) is 12.6. The van der Waals surface area contributed by atoms with Crippen molar-refractivity contribution in [3.8, 4) is 5.69 Å². The Morgan fingerprint density at radius 1 is 1.00 bits per heavy atom. The fourth-order valence-electron chi connectivity index (χ4n) is 3.93. The summed E-state index contributed by atoms with van der Waals surface area (Å²) in [4.78, 5) is 50.7. The highest BCUT2D eigenvalue weighted by Crippen LogP contribution is 2.26. The van der Waals surface area contributed by atoms with Crippen molar-refractivity contribution in [2.24, 2.45) is 0 Å². The number of anilines is 1. The SMILES string of the molecule is CCOC(=O)c1ccc(-n2c(C)cc(/C=C3\C(=O)NC(=O)N(c4ccc(F)cc4)C3=O)c2C)cc1. The maximum Gasteiger partial charge on any atom is 0.338 e. The molecule has 35 heavy (non-hydrogen) atoms. The van der Waals surface area contributed by atoms with Gasteiger partial charge in [0, 0.05) is 17.1 Å². The standard InChI is InChI=1S/C26H22FN3O5/c1-4-35-25(33)17-5-9-20(10-6-17)29-15(2)13-18(16(29)3)14-22-23(31)28-26(34)30(24(22)32)21-11-7-19(27)8-12-21/h5-14H,4H2,1-3H3,(H,28,31,34)/b22-14+. The van der Waals surface area contributed by atoms with Crippen LogP contribution in [0.3, 0.4) is 0 Å². The van der Waals surface area contributed by atoms with E-state index >= 15 is 0 Å². The number of hydrogen-bond donors (Lipinski definition) is 1. The van der Waals surface area contributed by atoms with E-state index in [-0.39, 0.29) is 17.9 Å². The normalized spacial score (nSPS) is 14.9. The second-order valence-corrected chi connectivity index (χ2v) is 7.86. The molecular formula is C26H22FN3O5. The predicted molar refractivity (Wildman–Crippen MR) is 127 cm³/mol. The monoisotopic (exact) mass is 475 g/mol. The van der Waals surface area contributed by atoms with Gasteiger partial charge in [-0.3, -0.25) is 14.9 Å². The fraction of sp³-hybridized carbons (Fsp3) is 0.154. The fourth-order valence-corrected chi connectivity index (χ4v) is 3.93. The number of rotatable bonds is 5. The summed E-state index contributed by atoms with van der Waals surface area (Å²) < 4.78 is 20.2. The minimum atomic E-state index is -0.907. The predicted octanol–water partition coefficient (Wildman–Crippen LogP) is 4.08. The molecule has 0 radical (unpaired) electrons. The summed E-state index contributed by atoms with van der Waals surface area (Å²) in [5.74, 6) is -2.56. The van der Waals surface area contributed by atoms with Crippen LogP contribution in [0.1, 0.15) is 34.2 Å². The molecule has 1 N–H and O–H groups in total. The zero-order valence-corrected chi connectivity index (χ0v) is 19.3. The highest BCUT2D eigenvalue weighted by Gasteiger charge is 2.37. The summed E-state index contributed by atoms with van der Waals surface area (Å²) >= 11 is 0. The lowest BCUT2D eigenvalue weighted by Crippen LogP contribution is -2.54. The van der Waals surface area contributed by atoms with Gasteiger partial charge in [0.25, 0.3) is 11.8 Å². The second-order valence-electron chi connectivity index (χ2n) is 7.86. The van der Waals surface area contributed by atoms with Crippen molar-refractivity contribution in [1.82, 2.24) is 9.88 Å². The average molecular weight is 475 g/mol. The smallest absolute Gasteiger partial charge is 0.338 e. The maximum atomic E-state index is 13.3. The van der Waals surface area contributed by atoms with Crippen molar-refractivity contribution < 1.29 is 28.3 Å². The van der Waals surface area contributed by atoms with E-state index in [2.05, 4.69) is 5.32 Å². The van der Waals surface area contributed by atoms with Crippen LogP contribution in [0.15, 0.2) is 60.2 Å². The van der Waals surface area contributed by atoms with Gasteiger partial charge in [-0.2, -0.15) is 0 Å². The van der Waals surface area contributed by atoms with E-state index in [1.165, 1.54) is 18.2 Å². The number of ether oxygens (including phenoxy) is 1. The minimum absolute atomic E-state index is 0.138. The van der Waals surface area contributed by atoms with Crippen LogP contribution in [0.2, 0.25) is 0 Å². The van der Waals surface area contributed by atoms with Gasteiger partial charge >= 0.3 is 12.0 Å². The molecule has 0 unspecified atom stereocenters.